The molecule has 0 fully saturated rings. The number of aryl methyl sites for hydroxylation is 1. The number of nitrogens with zero attached hydrogens (tertiary/aromatic N) is 3. The van der Waals surface area contributed by atoms with Crippen LogP contribution in [0.25, 0.3) is 16.7 Å². The molecule has 1 atom stereocenters. The average Bonchev–Trinajstić information content (AvgIpc) is 3.19. The zero-order valence-electron chi connectivity index (χ0n) is 17.0. The van der Waals surface area contributed by atoms with E-state index in [0.29, 0.717) is 27.0 Å². The lowest BCUT2D eigenvalue weighted by Crippen LogP contribution is -2.30. The molecule has 158 valence electrons. The highest BCUT2D eigenvalue weighted by Gasteiger charge is 2.17. The van der Waals surface area contributed by atoms with Gasteiger partial charge in [0.1, 0.15) is 16.8 Å². The Hall–Kier alpha value is -3.09. The number of hydrogen-bond donors (Lipinski definition) is 1. The molecule has 0 aliphatic heterocycles. The van der Waals surface area contributed by atoms with Crippen molar-refractivity contribution < 1.29 is 9.53 Å². The number of carbonyl (C=O) groups is 1. The van der Waals surface area contributed by atoms with Gasteiger partial charge in [-0.15, -0.1) is 10.2 Å². The lowest BCUT2D eigenvalue weighted by Gasteiger charge is -2.15. The summed E-state index contributed by atoms with van der Waals surface area (Å²) in [5.74, 6) is 0.0779. The van der Waals surface area contributed by atoms with E-state index < -0.39 is 6.10 Å². The van der Waals surface area contributed by atoms with E-state index in [1.54, 1.807) is 42.1 Å². The highest BCUT2D eigenvalue weighted by Crippen LogP contribution is 2.28. The van der Waals surface area contributed by atoms with Gasteiger partial charge in [0.05, 0.1) is 10.7 Å². The third-order valence-electron chi connectivity index (χ3n) is 4.79. The van der Waals surface area contributed by atoms with Gasteiger partial charge >= 0.3 is 0 Å². The van der Waals surface area contributed by atoms with Crippen molar-refractivity contribution in [1.82, 2.24) is 15.0 Å². The Labute approximate surface area is 189 Å². The fourth-order valence-corrected chi connectivity index (χ4v) is 3.48. The van der Waals surface area contributed by atoms with Gasteiger partial charge in [0.15, 0.2) is 6.10 Å². The zero-order valence-corrected chi connectivity index (χ0v) is 18.5. The summed E-state index contributed by atoms with van der Waals surface area (Å²) in [5, 5.41) is 12.7. The predicted molar refractivity (Wildman–Crippen MR) is 123 cm³/mol. The molecule has 6 nitrogen and oxygen atoms in total. The van der Waals surface area contributed by atoms with E-state index >= 15 is 0 Å². The van der Waals surface area contributed by atoms with Crippen molar-refractivity contribution >= 4 is 45.8 Å². The van der Waals surface area contributed by atoms with E-state index in [0.717, 1.165) is 17.6 Å². The zero-order chi connectivity index (χ0) is 22.0. The number of nitrogens with one attached hydrogen (secondary N) is 1. The largest absolute Gasteiger partial charge is 0.479 e. The molecule has 3 aromatic carbocycles. The van der Waals surface area contributed by atoms with Gasteiger partial charge in [0.25, 0.3) is 5.91 Å². The molecule has 0 radical (unpaired) electrons. The SMILES string of the molecule is CCc1ccc(-n2nc3ccc(NC(=O)[C@@H](C)Oc4ccc(Cl)cc4Cl)cc3n2)cc1. The Morgan fingerprint density at radius 2 is 1.77 bits per heavy atom. The number of amides is 1. The number of carbonyl (C=O) groups excluding carboxylic acids is 1. The Bertz CT molecular complexity index is 1240. The van der Waals surface area contributed by atoms with Gasteiger partial charge in [-0.1, -0.05) is 42.3 Å². The van der Waals surface area contributed by atoms with Crippen molar-refractivity contribution in [2.24, 2.45) is 0 Å². The summed E-state index contributed by atoms with van der Waals surface area (Å²) >= 11 is 12.0. The maximum Gasteiger partial charge on any atom is 0.265 e. The molecule has 0 aliphatic rings. The second-order valence-electron chi connectivity index (χ2n) is 7.04. The van der Waals surface area contributed by atoms with Crippen molar-refractivity contribution in [2.75, 3.05) is 5.32 Å². The fourth-order valence-electron chi connectivity index (χ4n) is 3.03. The summed E-state index contributed by atoms with van der Waals surface area (Å²) in [6, 6.07) is 18.3. The molecule has 0 saturated heterocycles. The highest BCUT2D eigenvalue weighted by atomic mass is 35.5. The molecule has 31 heavy (non-hydrogen) atoms. The Kier molecular flexibility index (Phi) is 6.11. The number of hydrogen-bond acceptors (Lipinski definition) is 4. The topological polar surface area (TPSA) is 69.0 Å². The molecule has 8 heteroatoms. The van der Waals surface area contributed by atoms with Crippen LogP contribution in [0.2, 0.25) is 10.0 Å². The number of rotatable bonds is 6. The van der Waals surface area contributed by atoms with Gasteiger partial charge in [0, 0.05) is 10.7 Å². The van der Waals surface area contributed by atoms with Gasteiger partial charge in [0.2, 0.25) is 0 Å². The lowest BCUT2D eigenvalue weighted by molar-refractivity contribution is -0.122. The van der Waals surface area contributed by atoms with Gasteiger partial charge < -0.3 is 10.1 Å². The third-order valence-corrected chi connectivity index (χ3v) is 5.32. The minimum Gasteiger partial charge on any atom is -0.479 e. The van der Waals surface area contributed by atoms with Crippen molar-refractivity contribution in [1.29, 1.82) is 0 Å². The van der Waals surface area contributed by atoms with Crippen LogP contribution in [0.15, 0.2) is 60.7 Å². The first-order valence-corrected chi connectivity index (χ1v) is 10.6. The molecular formula is C23H20Cl2N4O2. The molecule has 0 unspecified atom stereocenters. The molecule has 0 aliphatic carbocycles. The molecule has 0 saturated carbocycles. The number of halogens is 2. The number of benzene rings is 3. The van der Waals surface area contributed by atoms with Gasteiger partial charge in [-0.05, 0) is 67.4 Å². The van der Waals surface area contributed by atoms with Gasteiger partial charge in [-0.3, -0.25) is 4.79 Å². The standard InChI is InChI=1S/C23H20Cl2N4O2/c1-3-15-4-8-18(9-5-15)29-27-20-10-7-17(13-21(20)28-29)26-23(30)14(2)31-22-11-6-16(24)12-19(22)25/h4-14H,3H2,1-2H3,(H,26,30)/t14-/m1/s1. The maximum atomic E-state index is 12.6. The lowest BCUT2D eigenvalue weighted by atomic mass is 10.2. The van der Waals surface area contributed by atoms with E-state index in [1.165, 1.54) is 5.56 Å². The molecule has 1 heterocycles. The normalized spacial score (nSPS) is 12.0. The predicted octanol–water partition coefficient (Wildman–Crippen LogP) is 5.70. The van der Waals surface area contributed by atoms with Crippen LogP contribution in [0.4, 0.5) is 5.69 Å². The number of anilines is 1. The third kappa shape index (κ3) is 4.81. The van der Waals surface area contributed by atoms with Crippen LogP contribution in [-0.2, 0) is 11.2 Å². The Balaban J connectivity index is 1.48. The second kappa shape index (κ2) is 8.96. The van der Waals surface area contributed by atoms with Crippen molar-refractivity contribution in [3.05, 3.63) is 76.3 Å². The van der Waals surface area contributed by atoms with Gasteiger partial charge in [-0.25, -0.2) is 0 Å². The summed E-state index contributed by atoms with van der Waals surface area (Å²) in [7, 11) is 0. The monoisotopic (exact) mass is 454 g/mol. The molecule has 0 spiro atoms. The second-order valence-corrected chi connectivity index (χ2v) is 7.88. The van der Waals surface area contributed by atoms with Crippen LogP contribution in [0.3, 0.4) is 0 Å². The van der Waals surface area contributed by atoms with Crippen LogP contribution in [0.5, 0.6) is 5.75 Å². The molecule has 4 rings (SSSR count). The summed E-state index contributed by atoms with van der Waals surface area (Å²) in [6.45, 7) is 3.76. The van der Waals surface area contributed by atoms with E-state index in [2.05, 4.69) is 34.6 Å². The minimum atomic E-state index is -0.762. The number of ether oxygens (including phenoxy) is 1. The van der Waals surface area contributed by atoms with Crippen molar-refractivity contribution in [2.45, 2.75) is 26.4 Å². The smallest absolute Gasteiger partial charge is 0.265 e. The first kappa shape index (κ1) is 21.2. The van der Waals surface area contributed by atoms with Crippen LogP contribution < -0.4 is 10.1 Å². The van der Waals surface area contributed by atoms with Crippen LogP contribution in [0.1, 0.15) is 19.4 Å². The number of fused-ring (bicyclic) bond motifs is 1. The minimum absolute atomic E-state index is 0.312. The Morgan fingerprint density at radius 1 is 1.03 bits per heavy atom. The van der Waals surface area contributed by atoms with E-state index in [4.69, 9.17) is 27.9 Å². The average molecular weight is 455 g/mol. The first-order valence-electron chi connectivity index (χ1n) is 9.82. The first-order chi connectivity index (χ1) is 14.9. The van der Waals surface area contributed by atoms with E-state index in [1.807, 2.05) is 18.2 Å². The molecule has 1 N–H and O–H groups in total. The van der Waals surface area contributed by atoms with Crippen LogP contribution in [-0.4, -0.2) is 27.0 Å². The Morgan fingerprint density at radius 3 is 2.48 bits per heavy atom. The van der Waals surface area contributed by atoms with Gasteiger partial charge in [-0.2, -0.15) is 4.80 Å². The highest BCUT2D eigenvalue weighted by molar-refractivity contribution is 6.35. The van der Waals surface area contributed by atoms with Crippen LogP contribution in [0, 0.1) is 0 Å². The maximum absolute atomic E-state index is 12.6. The fraction of sp³-hybridized carbons (Fsp3) is 0.174. The van der Waals surface area contributed by atoms with Crippen molar-refractivity contribution in [3.8, 4) is 11.4 Å². The number of aromatic nitrogens is 3. The quantitative estimate of drug-likeness (QED) is 0.405. The summed E-state index contributed by atoms with van der Waals surface area (Å²) in [5.41, 5.74) is 4.13. The molecule has 0 bridgehead atoms. The summed E-state index contributed by atoms with van der Waals surface area (Å²) < 4.78 is 5.67. The van der Waals surface area contributed by atoms with E-state index in [9.17, 15) is 4.79 Å². The van der Waals surface area contributed by atoms with Crippen molar-refractivity contribution in [3.63, 3.8) is 0 Å². The summed E-state index contributed by atoms with van der Waals surface area (Å²) in [6.07, 6.45) is 0.214. The molecular weight excluding hydrogens is 435 g/mol. The summed E-state index contributed by atoms with van der Waals surface area (Å²) in [4.78, 5) is 14.2. The van der Waals surface area contributed by atoms with E-state index in [-0.39, 0.29) is 5.91 Å². The molecule has 1 amide bonds. The molecule has 4 aromatic rings. The van der Waals surface area contributed by atoms with Crippen LogP contribution >= 0.6 is 23.2 Å². The molecule has 1 aromatic heterocycles.